The summed E-state index contributed by atoms with van der Waals surface area (Å²) in [7, 11) is 0. The van der Waals surface area contributed by atoms with Crippen LogP contribution in [0, 0.1) is 0 Å². The first-order valence-corrected chi connectivity index (χ1v) is 8.83. The third-order valence-electron chi connectivity index (χ3n) is 2.41. The summed E-state index contributed by atoms with van der Waals surface area (Å²) in [5.74, 6) is 0. The molecule has 0 N–H and O–H groups in total. The molecule has 0 aromatic carbocycles. The molecule has 0 aromatic rings. The summed E-state index contributed by atoms with van der Waals surface area (Å²) in [6.07, 6.45) is 8.53. The second-order valence-corrected chi connectivity index (χ2v) is 6.24. The second kappa shape index (κ2) is 19.9. The molecule has 0 atom stereocenters. The van der Waals surface area contributed by atoms with Crippen LogP contribution in [0.3, 0.4) is 0 Å². The van der Waals surface area contributed by atoms with Gasteiger partial charge in [-0.3, -0.25) is 0 Å². The quantitative estimate of drug-likeness (QED) is 0.402. The maximum atomic E-state index is 2.29. The first-order valence-electron chi connectivity index (χ1n) is 6.83. The van der Waals surface area contributed by atoms with Gasteiger partial charge in [-0.1, -0.05) is 39.5 Å². The van der Waals surface area contributed by atoms with Crippen LogP contribution in [0.15, 0.2) is 0 Å². The predicted octanol–water partition coefficient (Wildman–Crippen LogP) is 4.50. The van der Waals surface area contributed by atoms with Crippen LogP contribution >= 0.6 is 0 Å². The number of hydrogen-bond donors (Lipinski definition) is 0. The molecule has 0 aliphatic rings. The summed E-state index contributed by atoms with van der Waals surface area (Å²) in [6.45, 7) is 6.78. The standard InChI is InChI=1S/3C4H9.Li.Mg/c3*1-3-4-2;;/h3*1,3-4H2,2H3;;. The van der Waals surface area contributed by atoms with E-state index in [1.54, 1.807) is 9.10 Å². The van der Waals surface area contributed by atoms with Gasteiger partial charge >= 0.3 is 62.9 Å². The van der Waals surface area contributed by atoms with E-state index in [1.807, 2.05) is 0 Å². The van der Waals surface area contributed by atoms with Crippen LogP contribution in [0.1, 0.15) is 59.3 Å². The van der Waals surface area contributed by atoms with Crippen LogP contribution in [-0.2, 0) is 0 Å². The van der Waals surface area contributed by atoms with E-state index >= 15 is 0 Å². The Bertz CT molecular complexity index is 68.7. The van der Waals surface area contributed by atoms with Gasteiger partial charge in [0.05, 0.1) is 0 Å². The normalized spacial score (nSPS) is 8.93. The minimum atomic E-state index is 0.389. The Hall–Kier alpha value is 1.36. The van der Waals surface area contributed by atoms with Crippen molar-refractivity contribution < 1.29 is 0 Å². The summed E-state index contributed by atoms with van der Waals surface area (Å²) in [4.78, 5) is 0. The topological polar surface area (TPSA) is 0 Å². The molecular formula is C12H27LiMg. The molecule has 14 heavy (non-hydrogen) atoms. The molecule has 0 bridgehead atoms. The van der Waals surface area contributed by atoms with Crippen LogP contribution in [0.5, 0.6) is 0 Å². The number of hydrogen-bond acceptors (Lipinski definition) is 0. The van der Waals surface area contributed by atoms with E-state index < -0.39 is 0 Å². The van der Waals surface area contributed by atoms with Gasteiger partial charge in [0.2, 0.25) is 0 Å². The maximum absolute atomic E-state index is 2.29. The molecular weight excluding hydrogens is 175 g/mol. The first-order chi connectivity index (χ1) is 6.83. The van der Waals surface area contributed by atoms with Gasteiger partial charge < -0.3 is 0 Å². The van der Waals surface area contributed by atoms with Crippen molar-refractivity contribution in [2.24, 2.45) is 0 Å². The summed E-state index contributed by atoms with van der Waals surface area (Å²) in [5.41, 5.74) is 0. The van der Waals surface area contributed by atoms with E-state index in [0.717, 1.165) is 0 Å². The summed E-state index contributed by atoms with van der Waals surface area (Å²) in [6, 6.07) is 0. The Morgan fingerprint density at radius 2 is 1.21 bits per heavy atom. The Morgan fingerprint density at radius 1 is 0.786 bits per heavy atom. The van der Waals surface area contributed by atoms with Gasteiger partial charge in [0.1, 0.15) is 0 Å². The van der Waals surface area contributed by atoms with Crippen LogP contribution in [0.25, 0.3) is 0 Å². The Kier molecular flexibility index (Phi) is 25.2. The Labute approximate surface area is 111 Å². The van der Waals surface area contributed by atoms with Gasteiger partial charge in [-0.15, -0.1) is 9.10 Å². The summed E-state index contributed by atoms with van der Waals surface area (Å²) < 4.78 is 3.19. The molecule has 0 saturated carbocycles. The second-order valence-electron chi connectivity index (χ2n) is 4.12. The van der Waals surface area contributed by atoms with E-state index in [9.17, 15) is 0 Å². The molecule has 0 fully saturated rings. The first kappa shape index (κ1) is 17.7. The fraction of sp³-hybridized carbons (Fsp3) is 1.00. The molecule has 0 aromatic heterocycles. The predicted molar refractivity (Wildman–Crippen MR) is 70.7 cm³/mol. The van der Waals surface area contributed by atoms with E-state index in [-0.39, 0.29) is 0 Å². The van der Waals surface area contributed by atoms with E-state index in [1.165, 1.54) is 43.6 Å². The number of unbranched alkanes of at least 4 members (excludes halogenated alkanes) is 3. The summed E-state index contributed by atoms with van der Waals surface area (Å²) >= 11 is 2.60. The molecule has 2 heteroatoms. The minimum absolute atomic E-state index is 0.389. The van der Waals surface area contributed by atoms with Crippen molar-refractivity contribution in [2.75, 3.05) is 0 Å². The van der Waals surface area contributed by atoms with E-state index in [0.29, 0.717) is 20.4 Å². The van der Waals surface area contributed by atoms with Crippen molar-refractivity contribution in [3.8, 4) is 0 Å². The fourth-order valence-electron chi connectivity index (χ4n) is 1.38. The zero-order chi connectivity index (χ0) is 11.1. The van der Waals surface area contributed by atoms with E-state index in [4.69, 9.17) is 0 Å². The average molecular weight is 203 g/mol. The van der Waals surface area contributed by atoms with Gasteiger partial charge in [-0.2, -0.15) is 0 Å². The molecule has 0 unspecified atom stereocenters. The van der Waals surface area contributed by atoms with Crippen LogP contribution in [0.2, 0.25) is 14.2 Å². The molecule has 0 amide bonds. The third-order valence-corrected chi connectivity index (χ3v) is 4.41. The molecule has 0 aliphatic heterocycles. The third kappa shape index (κ3) is 23.3. The average Bonchev–Trinajstić information content (AvgIpc) is 2.20. The SMILES string of the molecule is CCC[CH2][Mg][CH2]CCC.[Li][CH2]CCC. The van der Waals surface area contributed by atoms with Gasteiger partial charge in [0.15, 0.2) is 0 Å². The molecule has 0 aliphatic carbocycles. The van der Waals surface area contributed by atoms with Crippen molar-refractivity contribution in [1.82, 2.24) is 0 Å². The molecule has 0 nitrogen and oxygen atoms in total. The van der Waals surface area contributed by atoms with Crippen molar-refractivity contribution in [3.63, 3.8) is 0 Å². The van der Waals surface area contributed by atoms with Crippen molar-refractivity contribution in [1.29, 1.82) is 0 Å². The van der Waals surface area contributed by atoms with Crippen LogP contribution in [-0.4, -0.2) is 38.1 Å². The van der Waals surface area contributed by atoms with Crippen LogP contribution < -0.4 is 0 Å². The molecule has 0 saturated heterocycles. The van der Waals surface area contributed by atoms with Gasteiger partial charge in [-0.05, 0) is 0 Å². The monoisotopic (exact) mass is 202 g/mol. The summed E-state index contributed by atoms with van der Waals surface area (Å²) in [5, 5.41) is 1.34. The number of rotatable bonds is 8. The van der Waals surface area contributed by atoms with Crippen molar-refractivity contribution in [2.45, 2.75) is 73.5 Å². The van der Waals surface area contributed by atoms with Crippen molar-refractivity contribution >= 4 is 38.1 Å². The van der Waals surface area contributed by atoms with E-state index in [2.05, 4.69) is 38.5 Å². The zero-order valence-electron chi connectivity index (χ0n) is 11.1. The van der Waals surface area contributed by atoms with Crippen LogP contribution in [0.4, 0.5) is 0 Å². The molecule has 0 heterocycles. The molecule has 0 rings (SSSR count). The molecule has 0 spiro atoms. The zero-order valence-corrected chi connectivity index (χ0v) is 12.5. The molecule has 78 valence electrons. The van der Waals surface area contributed by atoms with Crippen molar-refractivity contribution in [3.05, 3.63) is 0 Å². The molecule has 0 radical (unpaired) electrons. The van der Waals surface area contributed by atoms with Gasteiger partial charge in [-0.25, -0.2) is 0 Å². The Morgan fingerprint density at radius 3 is 1.43 bits per heavy atom. The Balaban J connectivity index is 0. The van der Waals surface area contributed by atoms with Gasteiger partial charge in [0.25, 0.3) is 0 Å². The fourth-order valence-corrected chi connectivity index (χ4v) is 3.44. The van der Waals surface area contributed by atoms with Gasteiger partial charge in [0, 0.05) is 0 Å².